The number of fused-ring (bicyclic) bond motifs is 1. The quantitative estimate of drug-likeness (QED) is 0.811. The lowest BCUT2D eigenvalue weighted by molar-refractivity contribution is -0.132. The maximum atomic E-state index is 12.4. The Balaban J connectivity index is 1.84. The van der Waals surface area contributed by atoms with Crippen molar-refractivity contribution >= 4 is 16.8 Å². The van der Waals surface area contributed by atoms with Crippen LogP contribution in [0.5, 0.6) is 0 Å². The average molecular weight is 256 g/mol. The zero-order chi connectivity index (χ0) is 13.2. The predicted octanol–water partition coefficient (Wildman–Crippen LogP) is 2.96. The van der Waals surface area contributed by atoms with E-state index < -0.39 is 0 Å². The van der Waals surface area contributed by atoms with E-state index in [4.69, 9.17) is 0 Å². The Morgan fingerprint density at radius 1 is 1.16 bits per heavy atom. The highest BCUT2D eigenvalue weighted by Gasteiger charge is 2.18. The molecule has 100 valence electrons. The number of likely N-dealkylation sites (tertiary alicyclic amines) is 1. The summed E-state index contributed by atoms with van der Waals surface area (Å²) >= 11 is 0. The molecule has 0 N–H and O–H groups in total. The van der Waals surface area contributed by atoms with E-state index >= 15 is 0 Å². The summed E-state index contributed by atoms with van der Waals surface area (Å²) in [6, 6.07) is 10.4. The zero-order valence-electron chi connectivity index (χ0n) is 11.4. The third kappa shape index (κ3) is 2.37. The second-order valence-corrected chi connectivity index (χ2v) is 5.37. The van der Waals surface area contributed by atoms with Crippen LogP contribution < -0.4 is 0 Å². The van der Waals surface area contributed by atoms with E-state index in [9.17, 15) is 4.79 Å². The predicted molar refractivity (Wildman–Crippen MR) is 77.1 cm³/mol. The van der Waals surface area contributed by atoms with Gasteiger partial charge in [-0.2, -0.15) is 0 Å². The molecule has 0 aliphatic carbocycles. The summed E-state index contributed by atoms with van der Waals surface area (Å²) < 4.78 is 2.13. The minimum absolute atomic E-state index is 0.254. The van der Waals surface area contributed by atoms with Crippen LogP contribution in [-0.4, -0.2) is 28.5 Å². The minimum Gasteiger partial charge on any atom is -0.341 e. The Morgan fingerprint density at radius 2 is 1.89 bits per heavy atom. The highest BCUT2D eigenvalue weighted by molar-refractivity contribution is 5.84. The molecule has 0 radical (unpaired) electrons. The van der Waals surface area contributed by atoms with Crippen LogP contribution in [0, 0.1) is 6.92 Å². The van der Waals surface area contributed by atoms with Crippen molar-refractivity contribution in [2.24, 2.45) is 0 Å². The molecule has 0 unspecified atom stereocenters. The Hall–Kier alpha value is -1.77. The number of carbonyl (C=O) groups excluding carboxylic acids is 1. The van der Waals surface area contributed by atoms with Gasteiger partial charge in [0.05, 0.1) is 0 Å². The summed E-state index contributed by atoms with van der Waals surface area (Å²) in [4.78, 5) is 14.4. The fraction of sp³-hybridized carbons (Fsp3) is 0.438. The smallest absolute Gasteiger partial charge is 0.242 e. The van der Waals surface area contributed by atoms with Crippen LogP contribution in [0.25, 0.3) is 10.9 Å². The molecule has 1 aromatic carbocycles. The van der Waals surface area contributed by atoms with E-state index in [2.05, 4.69) is 29.7 Å². The number of hydrogen-bond donors (Lipinski definition) is 0. The van der Waals surface area contributed by atoms with Crippen molar-refractivity contribution in [2.45, 2.75) is 32.7 Å². The fourth-order valence-electron chi connectivity index (χ4n) is 2.94. The Labute approximate surface area is 113 Å². The van der Waals surface area contributed by atoms with Crippen molar-refractivity contribution in [2.75, 3.05) is 13.1 Å². The molecule has 3 heteroatoms. The molecule has 0 spiro atoms. The van der Waals surface area contributed by atoms with Crippen LogP contribution in [0.4, 0.5) is 0 Å². The summed E-state index contributed by atoms with van der Waals surface area (Å²) in [5, 5.41) is 1.21. The number of rotatable bonds is 2. The molecule has 2 heterocycles. The number of amides is 1. The van der Waals surface area contributed by atoms with Gasteiger partial charge in [-0.1, -0.05) is 18.2 Å². The number of nitrogens with zero attached hydrogens (tertiary/aromatic N) is 2. The van der Waals surface area contributed by atoms with Gasteiger partial charge in [-0.25, -0.2) is 0 Å². The number of para-hydroxylation sites is 1. The van der Waals surface area contributed by atoms with Crippen molar-refractivity contribution < 1.29 is 4.79 Å². The Kier molecular flexibility index (Phi) is 3.28. The third-order valence-corrected chi connectivity index (χ3v) is 4.02. The van der Waals surface area contributed by atoms with Crippen molar-refractivity contribution in [3.63, 3.8) is 0 Å². The number of piperidine rings is 1. The summed E-state index contributed by atoms with van der Waals surface area (Å²) in [6.07, 6.45) is 3.56. The highest BCUT2D eigenvalue weighted by atomic mass is 16.2. The topological polar surface area (TPSA) is 25.2 Å². The van der Waals surface area contributed by atoms with Gasteiger partial charge in [0.2, 0.25) is 5.91 Å². The monoisotopic (exact) mass is 256 g/mol. The average Bonchev–Trinajstić information content (AvgIpc) is 2.76. The van der Waals surface area contributed by atoms with E-state index in [-0.39, 0.29) is 5.91 Å². The Bertz CT molecular complexity index is 594. The minimum atomic E-state index is 0.254. The number of aromatic nitrogens is 1. The molecular weight excluding hydrogens is 236 g/mol. The lowest BCUT2D eigenvalue weighted by Gasteiger charge is -2.27. The van der Waals surface area contributed by atoms with Gasteiger partial charge in [0, 0.05) is 24.3 Å². The first-order chi connectivity index (χ1) is 9.25. The van der Waals surface area contributed by atoms with Gasteiger partial charge >= 0.3 is 0 Å². The third-order valence-electron chi connectivity index (χ3n) is 4.02. The largest absolute Gasteiger partial charge is 0.341 e. The van der Waals surface area contributed by atoms with Gasteiger partial charge in [-0.15, -0.1) is 0 Å². The van der Waals surface area contributed by atoms with Crippen LogP contribution in [0.3, 0.4) is 0 Å². The van der Waals surface area contributed by atoms with Gasteiger partial charge in [0.1, 0.15) is 6.54 Å². The summed E-state index contributed by atoms with van der Waals surface area (Å²) in [5.74, 6) is 0.254. The standard InChI is InChI=1S/C16H20N2O/c1-13-11-14-7-3-4-8-15(14)18(13)12-16(19)17-9-5-2-6-10-17/h3-4,7-8,11H,2,5-6,9-10,12H2,1H3. The van der Waals surface area contributed by atoms with E-state index in [1.807, 2.05) is 17.0 Å². The van der Waals surface area contributed by atoms with Crippen molar-refractivity contribution in [1.82, 2.24) is 9.47 Å². The van der Waals surface area contributed by atoms with Gasteiger partial charge < -0.3 is 9.47 Å². The molecule has 0 saturated carbocycles. The fourth-order valence-corrected chi connectivity index (χ4v) is 2.94. The van der Waals surface area contributed by atoms with E-state index in [0.717, 1.165) is 37.1 Å². The second kappa shape index (κ2) is 5.08. The molecule has 0 bridgehead atoms. The molecule has 19 heavy (non-hydrogen) atoms. The maximum absolute atomic E-state index is 12.4. The summed E-state index contributed by atoms with van der Waals surface area (Å²) in [5.41, 5.74) is 2.32. The maximum Gasteiger partial charge on any atom is 0.242 e. The molecule has 1 aliphatic rings. The highest BCUT2D eigenvalue weighted by Crippen LogP contribution is 2.19. The first kappa shape index (κ1) is 12.3. The van der Waals surface area contributed by atoms with Crippen molar-refractivity contribution in [3.05, 3.63) is 36.0 Å². The van der Waals surface area contributed by atoms with E-state index in [1.54, 1.807) is 0 Å². The summed E-state index contributed by atoms with van der Waals surface area (Å²) in [6.45, 7) is 4.40. The van der Waals surface area contributed by atoms with Crippen LogP contribution in [0.15, 0.2) is 30.3 Å². The van der Waals surface area contributed by atoms with Crippen LogP contribution >= 0.6 is 0 Å². The molecular formula is C16H20N2O. The molecule has 1 saturated heterocycles. The molecule has 3 rings (SSSR count). The molecule has 1 fully saturated rings. The SMILES string of the molecule is Cc1cc2ccccc2n1CC(=O)N1CCCCC1. The molecule has 2 aromatic rings. The van der Waals surface area contributed by atoms with E-state index in [0.29, 0.717) is 6.54 Å². The van der Waals surface area contributed by atoms with E-state index in [1.165, 1.54) is 11.8 Å². The van der Waals surface area contributed by atoms with Crippen LogP contribution in [-0.2, 0) is 11.3 Å². The van der Waals surface area contributed by atoms with Gasteiger partial charge in [0.15, 0.2) is 0 Å². The lowest BCUT2D eigenvalue weighted by Crippen LogP contribution is -2.37. The van der Waals surface area contributed by atoms with Crippen molar-refractivity contribution in [1.29, 1.82) is 0 Å². The first-order valence-corrected chi connectivity index (χ1v) is 7.08. The lowest BCUT2D eigenvalue weighted by atomic mass is 10.1. The second-order valence-electron chi connectivity index (χ2n) is 5.37. The number of aryl methyl sites for hydroxylation is 1. The van der Waals surface area contributed by atoms with Gasteiger partial charge in [-0.05, 0) is 43.7 Å². The van der Waals surface area contributed by atoms with Gasteiger partial charge in [-0.3, -0.25) is 4.79 Å². The Morgan fingerprint density at radius 3 is 2.68 bits per heavy atom. The van der Waals surface area contributed by atoms with Crippen molar-refractivity contribution in [3.8, 4) is 0 Å². The zero-order valence-corrected chi connectivity index (χ0v) is 11.4. The van der Waals surface area contributed by atoms with Crippen LogP contribution in [0.2, 0.25) is 0 Å². The molecule has 1 aromatic heterocycles. The first-order valence-electron chi connectivity index (χ1n) is 7.08. The van der Waals surface area contributed by atoms with Gasteiger partial charge in [0.25, 0.3) is 0 Å². The molecule has 0 atom stereocenters. The number of carbonyl (C=O) groups is 1. The number of benzene rings is 1. The molecule has 1 aliphatic heterocycles. The van der Waals surface area contributed by atoms with Crippen LogP contribution in [0.1, 0.15) is 25.0 Å². The normalized spacial score (nSPS) is 15.9. The number of hydrogen-bond acceptors (Lipinski definition) is 1. The molecule has 1 amide bonds. The summed E-state index contributed by atoms with van der Waals surface area (Å²) in [7, 11) is 0. The molecule has 3 nitrogen and oxygen atoms in total.